The first kappa shape index (κ1) is 64.2. The molecular formula is C96H83FIr3N6-6. The van der Waals surface area contributed by atoms with Gasteiger partial charge in [-0.1, -0.05) is 147 Å². The molecule has 2 unspecified atom stereocenters. The van der Waals surface area contributed by atoms with Gasteiger partial charge in [0, 0.05) is 117 Å². The summed E-state index contributed by atoms with van der Waals surface area (Å²) in [5.41, 5.74) is 21.2. The maximum absolute atomic E-state index is 12.9. The monoisotopic (exact) mass is 1930 g/mol. The number of rotatable bonds is 11. The number of halogens is 1. The first-order valence-electron chi connectivity index (χ1n) is 40.2. The predicted molar refractivity (Wildman–Crippen MR) is 424 cm³/mol. The van der Waals surface area contributed by atoms with Crippen molar-refractivity contribution in [3.63, 3.8) is 0 Å². The fourth-order valence-electron chi connectivity index (χ4n) is 10.4. The zero-order valence-electron chi connectivity index (χ0n) is 73.0. The van der Waals surface area contributed by atoms with Crippen LogP contribution in [0.3, 0.4) is 0 Å². The van der Waals surface area contributed by atoms with Crippen LogP contribution < -0.4 is 0 Å². The Hall–Kier alpha value is -10.2. The molecule has 6 nitrogen and oxygen atoms in total. The van der Waals surface area contributed by atoms with Crippen LogP contribution in [0.15, 0.2) is 310 Å². The largest absolute Gasteiger partial charge is 0.305 e. The Bertz CT molecular complexity index is 5390. The Morgan fingerprint density at radius 1 is 0.302 bits per heavy atom. The zero-order chi connectivity index (χ0) is 84.1. The Labute approximate surface area is 687 Å². The first-order valence-corrected chi connectivity index (χ1v) is 33.2. The van der Waals surface area contributed by atoms with E-state index in [0.717, 1.165) is 84.7 Å². The molecule has 6 heterocycles. The van der Waals surface area contributed by atoms with E-state index in [1.807, 2.05) is 159 Å². The molecule has 0 N–H and O–H groups in total. The van der Waals surface area contributed by atoms with E-state index in [2.05, 4.69) is 141 Å². The normalized spacial score (nSPS) is 13.7. The van der Waals surface area contributed by atoms with Gasteiger partial charge in [-0.25, -0.2) is 4.39 Å². The van der Waals surface area contributed by atoms with Crippen LogP contribution in [0.4, 0.5) is 4.39 Å². The van der Waals surface area contributed by atoms with Crippen molar-refractivity contribution in [3.05, 3.63) is 397 Å². The van der Waals surface area contributed by atoms with Crippen LogP contribution in [-0.4, -0.2) is 29.9 Å². The minimum absolute atomic E-state index is 0. The van der Waals surface area contributed by atoms with Crippen LogP contribution >= 0.6 is 0 Å². The summed E-state index contributed by atoms with van der Waals surface area (Å²) in [4.78, 5) is 25.8. The molecule has 0 aliphatic carbocycles. The van der Waals surface area contributed by atoms with Crippen LogP contribution in [-0.2, 0) is 60.3 Å². The number of nitrogens with zero attached hydrogens (tertiary/aromatic N) is 6. The summed E-state index contributed by atoms with van der Waals surface area (Å²) in [5, 5.41) is 0. The fourth-order valence-corrected chi connectivity index (χ4v) is 10.4. The number of benzene rings is 9. The van der Waals surface area contributed by atoms with Crippen LogP contribution in [0.1, 0.15) is 103 Å². The molecule has 0 fully saturated rings. The van der Waals surface area contributed by atoms with Gasteiger partial charge in [-0.3, -0.25) is 0 Å². The van der Waals surface area contributed by atoms with E-state index in [9.17, 15) is 4.39 Å². The van der Waals surface area contributed by atoms with Crippen molar-refractivity contribution in [3.8, 4) is 101 Å². The molecule has 537 valence electrons. The van der Waals surface area contributed by atoms with Gasteiger partial charge in [-0.15, -0.1) is 215 Å². The van der Waals surface area contributed by atoms with Gasteiger partial charge in [0.2, 0.25) is 0 Å². The van der Waals surface area contributed by atoms with Gasteiger partial charge in [0.15, 0.2) is 0 Å². The molecule has 15 rings (SSSR count). The number of aryl methyl sites for hydroxylation is 6. The minimum Gasteiger partial charge on any atom is -0.305 e. The molecule has 9 aromatic carbocycles. The zero-order valence-corrected chi connectivity index (χ0v) is 66.2. The summed E-state index contributed by atoms with van der Waals surface area (Å²) in [6.45, 7) is 0.678. The molecule has 15 aromatic rings. The molecule has 3 radical (unpaired) electrons. The summed E-state index contributed by atoms with van der Waals surface area (Å²) in [6.07, 6.45) is 9.52. The number of pyridine rings is 6. The van der Waals surface area contributed by atoms with E-state index in [1.165, 1.54) is 77.8 Å². The van der Waals surface area contributed by atoms with Crippen molar-refractivity contribution in [1.29, 1.82) is 0 Å². The Morgan fingerprint density at radius 2 is 0.604 bits per heavy atom. The summed E-state index contributed by atoms with van der Waals surface area (Å²) in [6, 6.07) is 105. The molecule has 0 saturated carbocycles. The van der Waals surface area contributed by atoms with Gasteiger partial charge in [-0.05, 0) is 173 Å². The van der Waals surface area contributed by atoms with Crippen molar-refractivity contribution < 1.29 is 83.9 Å². The molecule has 6 aromatic heterocycles. The van der Waals surface area contributed by atoms with Gasteiger partial charge in [0.25, 0.3) is 0 Å². The third-order valence-electron chi connectivity index (χ3n) is 16.1. The molecule has 10 heteroatoms. The van der Waals surface area contributed by atoms with Crippen molar-refractivity contribution >= 4 is 0 Å². The third-order valence-corrected chi connectivity index (χ3v) is 16.1. The van der Waals surface area contributed by atoms with E-state index >= 15 is 0 Å². The smallest absolute Gasteiger partial charge is 0.123 e. The Balaban J connectivity index is 0.000000198. The Kier molecular flexibility index (Phi) is 25.8. The van der Waals surface area contributed by atoms with E-state index in [4.69, 9.17) is 19.2 Å². The second-order valence-corrected chi connectivity index (χ2v) is 23.8. The summed E-state index contributed by atoms with van der Waals surface area (Å²) in [7, 11) is 0. The average molecular weight is 1930 g/mol. The van der Waals surface area contributed by atoms with Crippen LogP contribution in [0.25, 0.3) is 101 Å². The summed E-state index contributed by atoms with van der Waals surface area (Å²) in [5.74, 6) is -3.96. The number of hydrogen-bond acceptors (Lipinski definition) is 6. The maximum atomic E-state index is 12.9. The molecular weight excluding hydrogens is 1830 g/mol. The summed E-state index contributed by atoms with van der Waals surface area (Å²) < 4.78 is 119. The molecule has 0 spiro atoms. The fraction of sp³-hybridized carbons (Fsp3) is 0.125. The van der Waals surface area contributed by atoms with Crippen LogP contribution in [0.5, 0.6) is 0 Å². The van der Waals surface area contributed by atoms with Crippen molar-refractivity contribution in [2.24, 2.45) is 0 Å². The van der Waals surface area contributed by atoms with E-state index < -0.39 is 39.2 Å². The average Bonchev–Trinajstić information content (AvgIpc) is 0.770. The maximum Gasteiger partial charge on any atom is 0.123 e. The number of aromatic nitrogens is 6. The van der Waals surface area contributed by atoms with Crippen molar-refractivity contribution in [1.82, 2.24) is 29.9 Å². The SMILES string of the molecule is Cc1ccc(-c2ccnc(-c3[c-]cccc3)c2)cc1.Cc1ccc(-c2ccnc(-c3[c-]cccc3)c2)cc1.Fc1ccc(-c2ccnc(-c3[c-]cccc3)c2)cc1.[2H]C([2H])([2H])C([2H])(C)c1cnc(-c2[c-]cccc2)cc1C.[2H]C([2H])([2H])c1cnc(-c2[c-]cccc2)cc1C.[2H]C([2H])([2H])c1cnc(-c2[c-]cccc2)cc1C([2H])(C)C([2H])([2H])[2H].[Ir].[Ir].[Ir]. The number of hydrogen-bond donors (Lipinski definition) is 0. The molecule has 106 heavy (non-hydrogen) atoms. The molecule has 0 aliphatic heterocycles. The van der Waals surface area contributed by atoms with Crippen molar-refractivity contribution in [2.45, 2.75) is 80.7 Å². The van der Waals surface area contributed by atoms with Crippen LogP contribution in [0, 0.1) is 83.6 Å². The standard InChI is InChI=1S/2C18H14N.C17H11FN.2C15H16N.C13H12N.3Ir/c2*1-14-7-9-15(10-8-14)17-11-12-19-18(13-17)16-5-3-2-4-6-16;18-16-8-6-13(7-9-16)15-10-11-19-17(12-15)14-4-2-1-3-5-14;1-11(2)14-9-15(16-10-12(14)3)13-7-5-4-6-8-13;1-11(2)14-10-16-15(9-12(14)3)13-7-5-4-6-8-13;1-10-8-13(14-9-11(10)2)12-6-4-3-5-7-12;;;/h2*2-5,7-13H,1H3;1-4,6-12H;2*4-7,9-11H,1-3H3;3-6,8-9H,1-2H3;;;/q6*-1;;;/i;;;1D3,3D3,11D;1D3,11D;2D3;;;. The van der Waals surface area contributed by atoms with Gasteiger partial charge in [0.05, 0.1) is 0 Å². The van der Waals surface area contributed by atoms with Gasteiger partial charge < -0.3 is 29.9 Å². The van der Waals surface area contributed by atoms with Crippen LogP contribution in [0.2, 0.25) is 0 Å². The summed E-state index contributed by atoms with van der Waals surface area (Å²) >= 11 is 0. The molecule has 0 amide bonds. The van der Waals surface area contributed by atoms with E-state index in [1.54, 1.807) is 67.7 Å². The van der Waals surface area contributed by atoms with E-state index in [0.29, 0.717) is 22.4 Å². The molecule has 0 bridgehead atoms. The first-order chi connectivity index (χ1) is 55.6. The minimum atomic E-state index is -2.67. The predicted octanol–water partition coefficient (Wildman–Crippen LogP) is 24.5. The van der Waals surface area contributed by atoms with Gasteiger partial charge >= 0.3 is 0 Å². The molecule has 2 atom stereocenters. The third kappa shape index (κ3) is 24.7. The van der Waals surface area contributed by atoms with E-state index in [-0.39, 0.29) is 77.3 Å². The second kappa shape index (κ2) is 42.6. The molecule has 0 saturated heterocycles. The van der Waals surface area contributed by atoms with Crippen molar-refractivity contribution in [2.75, 3.05) is 0 Å². The quantitative estimate of drug-likeness (QED) is 0.120. The second-order valence-electron chi connectivity index (χ2n) is 23.8. The topological polar surface area (TPSA) is 77.3 Å². The Morgan fingerprint density at radius 3 is 0.915 bits per heavy atom. The molecule has 0 aliphatic rings. The van der Waals surface area contributed by atoms with Gasteiger partial charge in [0.1, 0.15) is 5.82 Å². The van der Waals surface area contributed by atoms with Gasteiger partial charge in [-0.2, -0.15) is 0 Å².